The van der Waals surface area contributed by atoms with Crippen LogP contribution in [0.2, 0.25) is 0 Å². The van der Waals surface area contributed by atoms with Crippen molar-refractivity contribution in [2.45, 2.75) is 92.1 Å². The van der Waals surface area contributed by atoms with Gasteiger partial charge < -0.3 is 88.6 Å². The molecule has 292 valence electrons. The second-order valence-corrected chi connectivity index (χ2v) is 12.8. The molecule has 19 heteroatoms. The normalized spacial score (nSPS) is 37.8. The summed E-state index contributed by atoms with van der Waals surface area (Å²) >= 11 is 0. The second-order valence-electron chi connectivity index (χ2n) is 12.8. The van der Waals surface area contributed by atoms with Gasteiger partial charge >= 0.3 is 0 Å². The lowest BCUT2D eigenvalue weighted by Crippen LogP contribution is -2.65. The van der Waals surface area contributed by atoms with E-state index in [1.165, 1.54) is 31.6 Å². The van der Waals surface area contributed by atoms with Crippen LogP contribution in [0.4, 0.5) is 0 Å². The summed E-state index contributed by atoms with van der Waals surface area (Å²) in [4.78, 5) is 13.4. The van der Waals surface area contributed by atoms with Crippen LogP contribution in [-0.4, -0.2) is 170 Å². The van der Waals surface area contributed by atoms with Gasteiger partial charge in [0.1, 0.15) is 90.5 Å². The van der Waals surface area contributed by atoms with Crippen molar-refractivity contribution >= 4 is 11.0 Å². The number of hydrogen-bond donors (Lipinski definition) is 10. The molecular formula is C34H42O19. The molecule has 15 atom stereocenters. The molecule has 0 radical (unpaired) electrons. The molecule has 3 aliphatic heterocycles. The van der Waals surface area contributed by atoms with Gasteiger partial charge in [0.15, 0.2) is 24.1 Å². The molecule has 3 saturated heterocycles. The summed E-state index contributed by atoms with van der Waals surface area (Å²) in [6.45, 7) is -2.14. The molecule has 53 heavy (non-hydrogen) atoms. The molecule has 19 nitrogen and oxygen atoms in total. The Bertz CT molecular complexity index is 1710. The van der Waals surface area contributed by atoms with E-state index in [9.17, 15) is 55.9 Å². The summed E-state index contributed by atoms with van der Waals surface area (Å²) in [6, 6.07) is 10.9. The maximum absolute atomic E-state index is 13.4. The van der Waals surface area contributed by atoms with Crippen LogP contribution in [0.3, 0.4) is 0 Å². The Hall–Kier alpha value is -3.35. The van der Waals surface area contributed by atoms with Gasteiger partial charge in [-0.05, 0) is 29.8 Å². The summed E-state index contributed by atoms with van der Waals surface area (Å²) in [5.41, 5.74) is 0.589. The average Bonchev–Trinajstić information content (AvgIpc) is 3.17. The summed E-state index contributed by atoms with van der Waals surface area (Å²) in [5, 5.41) is 103. The number of methoxy groups -OCH3 is 1. The highest BCUT2D eigenvalue weighted by atomic mass is 16.8. The Kier molecular flexibility index (Phi) is 12.3. The van der Waals surface area contributed by atoms with Crippen LogP contribution in [0.5, 0.6) is 11.5 Å². The van der Waals surface area contributed by atoms with Crippen molar-refractivity contribution in [3.63, 3.8) is 0 Å². The number of aliphatic hydroxyl groups is 10. The van der Waals surface area contributed by atoms with Gasteiger partial charge in [-0.1, -0.05) is 12.1 Å². The van der Waals surface area contributed by atoms with Crippen LogP contribution < -0.4 is 14.9 Å². The standard InChI is InChI=1S/C34H42O19/c1-46-14-4-2-13(3-5-14)17-11-47-18-8-15(6-7-16(18)22(17)37)49-34-31(53-33-30(45)27(42)24(39)20(10-36)51-33)28(43)25(40)21(52-34)12-48-32-29(44)26(41)23(38)19(9-35)50-32/h2-8,11,19-21,23-36,38-45H,9-10,12H2,1H3/t19-,20-,21+,23-,24-,25+,26+,27+,28-,29-,30-,31+,32-,33+,34+/m1/s1. The molecule has 1 aromatic heterocycles. The first-order chi connectivity index (χ1) is 25.4. The van der Waals surface area contributed by atoms with E-state index in [2.05, 4.69) is 0 Å². The smallest absolute Gasteiger partial charge is 0.229 e. The Balaban J connectivity index is 1.26. The lowest BCUT2D eigenvalue weighted by molar-refractivity contribution is -0.363. The van der Waals surface area contributed by atoms with Crippen LogP contribution in [0, 0.1) is 0 Å². The van der Waals surface area contributed by atoms with E-state index in [1.54, 1.807) is 24.3 Å². The predicted octanol–water partition coefficient (Wildman–Crippen LogP) is -3.70. The van der Waals surface area contributed by atoms with Crippen LogP contribution in [-0.2, 0) is 23.7 Å². The van der Waals surface area contributed by atoms with Gasteiger partial charge in [-0.15, -0.1) is 0 Å². The molecule has 0 spiro atoms. The molecule has 4 heterocycles. The lowest BCUT2D eigenvalue weighted by Gasteiger charge is -2.46. The average molecular weight is 755 g/mol. The lowest BCUT2D eigenvalue weighted by atomic mass is 9.97. The Morgan fingerprint density at radius 2 is 1.21 bits per heavy atom. The van der Waals surface area contributed by atoms with Gasteiger partial charge in [-0.25, -0.2) is 0 Å². The third-order valence-corrected chi connectivity index (χ3v) is 9.46. The third-order valence-electron chi connectivity index (χ3n) is 9.46. The van der Waals surface area contributed by atoms with Crippen molar-refractivity contribution in [2.24, 2.45) is 0 Å². The Morgan fingerprint density at radius 3 is 1.83 bits per heavy atom. The minimum absolute atomic E-state index is 0.00226. The zero-order valence-electron chi connectivity index (χ0n) is 28.0. The van der Waals surface area contributed by atoms with E-state index in [0.29, 0.717) is 11.3 Å². The Morgan fingerprint density at radius 1 is 0.642 bits per heavy atom. The molecule has 3 aromatic rings. The van der Waals surface area contributed by atoms with E-state index in [0.717, 1.165) is 0 Å². The van der Waals surface area contributed by atoms with Crippen molar-refractivity contribution in [1.82, 2.24) is 0 Å². The third kappa shape index (κ3) is 7.92. The molecule has 0 saturated carbocycles. The van der Waals surface area contributed by atoms with Crippen LogP contribution >= 0.6 is 0 Å². The topological polar surface area (TPSA) is 297 Å². The molecule has 6 rings (SSSR count). The van der Waals surface area contributed by atoms with E-state index in [4.69, 9.17) is 37.6 Å². The van der Waals surface area contributed by atoms with Crippen LogP contribution in [0.15, 0.2) is 57.9 Å². The highest BCUT2D eigenvalue weighted by molar-refractivity contribution is 5.82. The van der Waals surface area contributed by atoms with E-state index in [1.807, 2.05) is 0 Å². The fourth-order valence-corrected chi connectivity index (χ4v) is 6.30. The fraction of sp³-hybridized carbons (Fsp3) is 0.559. The second kappa shape index (κ2) is 16.6. The zero-order valence-corrected chi connectivity index (χ0v) is 28.0. The maximum Gasteiger partial charge on any atom is 0.229 e. The van der Waals surface area contributed by atoms with Gasteiger partial charge in [0.25, 0.3) is 0 Å². The minimum atomic E-state index is -1.91. The number of ether oxygens (including phenoxy) is 7. The highest BCUT2D eigenvalue weighted by Crippen LogP contribution is 2.33. The number of benzene rings is 2. The molecular weight excluding hydrogens is 712 g/mol. The highest BCUT2D eigenvalue weighted by Gasteiger charge is 2.52. The zero-order chi connectivity index (χ0) is 38.1. The number of hydrogen-bond acceptors (Lipinski definition) is 19. The van der Waals surface area contributed by atoms with Crippen molar-refractivity contribution in [3.8, 4) is 22.6 Å². The van der Waals surface area contributed by atoms with Crippen molar-refractivity contribution in [2.75, 3.05) is 26.9 Å². The van der Waals surface area contributed by atoms with Gasteiger partial charge in [0.05, 0.1) is 37.9 Å². The molecule has 0 aliphatic carbocycles. The number of fused-ring (bicyclic) bond motifs is 1. The fourth-order valence-electron chi connectivity index (χ4n) is 6.30. The molecule has 0 amide bonds. The van der Waals surface area contributed by atoms with Crippen LogP contribution in [0.25, 0.3) is 22.1 Å². The van der Waals surface area contributed by atoms with Crippen molar-refractivity contribution in [3.05, 3.63) is 59.0 Å². The van der Waals surface area contributed by atoms with Crippen molar-refractivity contribution in [1.29, 1.82) is 0 Å². The molecule has 2 aromatic carbocycles. The number of aliphatic hydroxyl groups excluding tert-OH is 10. The SMILES string of the molecule is COc1ccc(-c2coc3cc(O[C@H]4O[C@@H](CO[C@@H]5O[C@H](CO)[C@@H](O)[C@H](O)[C@H]5O)[C@H](O)[C@@H](O)[C@@H]4O[C@@H]4O[C@H](CO)[C@@H](O)[C@H](O)[C@H]4O)ccc3c2=O)cc1. The first kappa shape index (κ1) is 39.3. The number of rotatable bonds is 11. The molecule has 3 fully saturated rings. The summed E-state index contributed by atoms with van der Waals surface area (Å²) in [7, 11) is 1.52. The van der Waals surface area contributed by atoms with Gasteiger partial charge in [-0.3, -0.25) is 4.79 Å². The van der Waals surface area contributed by atoms with Gasteiger partial charge in [0, 0.05) is 6.07 Å². The summed E-state index contributed by atoms with van der Waals surface area (Å²) in [6.07, 6.45) is -24.1. The first-order valence-corrected chi connectivity index (χ1v) is 16.6. The molecule has 10 N–H and O–H groups in total. The molecule has 3 aliphatic rings. The maximum atomic E-state index is 13.4. The first-order valence-electron chi connectivity index (χ1n) is 16.6. The van der Waals surface area contributed by atoms with E-state index >= 15 is 0 Å². The predicted molar refractivity (Wildman–Crippen MR) is 174 cm³/mol. The Labute approximate surface area is 300 Å². The summed E-state index contributed by atoms with van der Waals surface area (Å²) in [5.74, 6) is 0.599. The van der Waals surface area contributed by atoms with Gasteiger partial charge in [0.2, 0.25) is 6.29 Å². The minimum Gasteiger partial charge on any atom is -0.497 e. The molecule has 0 unspecified atom stereocenters. The monoisotopic (exact) mass is 754 g/mol. The summed E-state index contributed by atoms with van der Waals surface area (Å²) < 4.78 is 45.0. The van der Waals surface area contributed by atoms with Crippen molar-refractivity contribution < 1.29 is 88.6 Å². The molecule has 0 bridgehead atoms. The van der Waals surface area contributed by atoms with E-state index < -0.39 is 112 Å². The van der Waals surface area contributed by atoms with Gasteiger partial charge in [-0.2, -0.15) is 0 Å². The largest absolute Gasteiger partial charge is 0.497 e. The quantitative estimate of drug-likeness (QED) is 0.0901. The van der Waals surface area contributed by atoms with Crippen LogP contribution in [0.1, 0.15) is 0 Å². The van der Waals surface area contributed by atoms with E-state index in [-0.39, 0.29) is 27.7 Å².